The molecule has 1 rings (SSSR count). The molecule has 6 heteroatoms. The molecule has 4 nitrogen and oxygen atoms in total. The predicted molar refractivity (Wildman–Crippen MR) is 56.7 cm³/mol. The van der Waals surface area contributed by atoms with Gasteiger partial charge in [0.2, 0.25) is 10.0 Å². The van der Waals surface area contributed by atoms with Crippen molar-refractivity contribution < 1.29 is 13.5 Å². The molecule has 14 heavy (non-hydrogen) atoms. The number of phenolic OH excluding ortho intramolecular Hbond substituents is 1. The third kappa shape index (κ3) is 2.08. The zero-order chi connectivity index (χ0) is 10.9. The van der Waals surface area contributed by atoms with Crippen molar-refractivity contribution in [2.75, 3.05) is 14.1 Å². The van der Waals surface area contributed by atoms with Crippen molar-refractivity contribution in [2.24, 2.45) is 0 Å². The van der Waals surface area contributed by atoms with Crippen LogP contribution in [0.5, 0.6) is 5.75 Å². The number of nitrogens with zero attached hydrogens (tertiary/aromatic N) is 1. The fourth-order valence-corrected chi connectivity index (χ4v) is 2.41. The van der Waals surface area contributed by atoms with Crippen LogP contribution in [-0.2, 0) is 10.0 Å². The van der Waals surface area contributed by atoms with E-state index in [0.29, 0.717) is 4.47 Å². The van der Waals surface area contributed by atoms with E-state index in [9.17, 15) is 13.5 Å². The highest BCUT2D eigenvalue weighted by atomic mass is 79.9. The maximum atomic E-state index is 11.7. The Kier molecular flexibility index (Phi) is 3.18. The molecule has 0 fully saturated rings. The molecule has 78 valence electrons. The van der Waals surface area contributed by atoms with E-state index in [0.717, 1.165) is 4.31 Å². The van der Waals surface area contributed by atoms with Crippen LogP contribution in [0.1, 0.15) is 0 Å². The minimum absolute atomic E-state index is 0.100. The molecule has 1 aromatic rings. The second-order valence-corrected chi connectivity index (χ2v) is 5.94. The third-order valence-corrected chi connectivity index (χ3v) is 4.02. The van der Waals surface area contributed by atoms with Crippen molar-refractivity contribution in [3.63, 3.8) is 0 Å². The van der Waals surface area contributed by atoms with Crippen molar-refractivity contribution in [1.82, 2.24) is 4.31 Å². The van der Waals surface area contributed by atoms with Gasteiger partial charge in [-0.1, -0.05) is 15.9 Å². The maximum absolute atomic E-state index is 11.7. The normalized spacial score (nSPS) is 12.0. The average molecular weight is 280 g/mol. The number of aromatic hydroxyl groups is 1. The Morgan fingerprint density at radius 3 is 2.43 bits per heavy atom. The van der Waals surface area contributed by atoms with Crippen LogP contribution in [0, 0.1) is 0 Å². The molecule has 0 radical (unpaired) electrons. The zero-order valence-corrected chi connectivity index (χ0v) is 10.1. The predicted octanol–water partition coefficient (Wildman–Crippen LogP) is 1.41. The van der Waals surface area contributed by atoms with Crippen LogP contribution in [0.15, 0.2) is 27.6 Å². The molecule has 0 heterocycles. The van der Waals surface area contributed by atoms with Crippen molar-refractivity contribution >= 4 is 26.0 Å². The first kappa shape index (κ1) is 11.5. The summed E-state index contributed by atoms with van der Waals surface area (Å²) < 4.78 is 25.0. The summed E-state index contributed by atoms with van der Waals surface area (Å²) in [5, 5.41) is 9.39. The Labute approximate surface area is 91.3 Å². The molecule has 1 aromatic carbocycles. The Bertz CT molecular complexity index is 442. The lowest BCUT2D eigenvalue weighted by Gasteiger charge is -2.12. The smallest absolute Gasteiger partial charge is 0.246 e. The first-order valence-electron chi connectivity index (χ1n) is 3.77. The number of benzene rings is 1. The van der Waals surface area contributed by atoms with E-state index < -0.39 is 10.0 Å². The van der Waals surface area contributed by atoms with Gasteiger partial charge in [0, 0.05) is 18.6 Å². The Morgan fingerprint density at radius 2 is 1.93 bits per heavy atom. The number of rotatable bonds is 2. The van der Waals surface area contributed by atoms with Gasteiger partial charge in [0.1, 0.15) is 10.6 Å². The highest BCUT2D eigenvalue weighted by molar-refractivity contribution is 9.10. The van der Waals surface area contributed by atoms with E-state index in [2.05, 4.69) is 15.9 Å². The van der Waals surface area contributed by atoms with Gasteiger partial charge in [0.25, 0.3) is 0 Å². The van der Waals surface area contributed by atoms with Crippen LogP contribution in [0.2, 0.25) is 0 Å². The van der Waals surface area contributed by atoms with E-state index in [4.69, 9.17) is 0 Å². The minimum Gasteiger partial charge on any atom is -0.507 e. The monoisotopic (exact) mass is 279 g/mol. The summed E-state index contributed by atoms with van der Waals surface area (Å²) in [6.07, 6.45) is 0. The van der Waals surface area contributed by atoms with E-state index in [1.807, 2.05) is 0 Å². The average Bonchev–Trinajstić information content (AvgIpc) is 2.08. The summed E-state index contributed by atoms with van der Waals surface area (Å²) in [5.74, 6) is -0.248. The van der Waals surface area contributed by atoms with Crippen LogP contribution < -0.4 is 0 Å². The van der Waals surface area contributed by atoms with Gasteiger partial charge >= 0.3 is 0 Å². The van der Waals surface area contributed by atoms with Crippen molar-refractivity contribution in [1.29, 1.82) is 0 Å². The fourth-order valence-electron chi connectivity index (χ4n) is 0.891. The zero-order valence-electron chi connectivity index (χ0n) is 7.73. The first-order valence-corrected chi connectivity index (χ1v) is 6.00. The molecule has 1 N–H and O–H groups in total. The lowest BCUT2D eigenvalue weighted by atomic mass is 10.3. The molecule has 0 saturated heterocycles. The van der Waals surface area contributed by atoms with Crippen LogP contribution in [0.3, 0.4) is 0 Å². The van der Waals surface area contributed by atoms with Gasteiger partial charge in [0.05, 0.1) is 0 Å². The van der Waals surface area contributed by atoms with E-state index in [-0.39, 0.29) is 10.6 Å². The van der Waals surface area contributed by atoms with Gasteiger partial charge in [-0.2, -0.15) is 0 Å². The van der Waals surface area contributed by atoms with E-state index in [1.54, 1.807) is 6.07 Å². The molecule has 0 aliphatic heterocycles. The van der Waals surface area contributed by atoms with Gasteiger partial charge < -0.3 is 5.11 Å². The lowest BCUT2D eigenvalue weighted by Crippen LogP contribution is -2.22. The lowest BCUT2D eigenvalue weighted by molar-refractivity contribution is 0.452. The molecular formula is C8H10BrNO3S. The fraction of sp³-hybridized carbons (Fsp3) is 0.250. The molecular weight excluding hydrogens is 270 g/mol. The molecule has 0 aliphatic rings. The van der Waals surface area contributed by atoms with Crippen molar-refractivity contribution in [3.8, 4) is 5.75 Å². The molecule has 0 saturated carbocycles. The molecule has 0 bridgehead atoms. The number of hydrogen-bond donors (Lipinski definition) is 1. The number of sulfonamides is 1. The molecule has 0 aliphatic carbocycles. The molecule has 0 spiro atoms. The summed E-state index contributed by atoms with van der Waals surface area (Å²) in [6.45, 7) is 0. The van der Waals surface area contributed by atoms with Gasteiger partial charge in [-0.05, 0) is 18.2 Å². The van der Waals surface area contributed by atoms with Gasteiger partial charge in [-0.25, -0.2) is 12.7 Å². The summed E-state index contributed by atoms with van der Waals surface area (Å²) in [7, 11) is -0.752. The summed E-state index contributed by atoms with van der Waals surface area (Å²) in [5.41, 5.74) is 0. The second kappa shape index (κ2) is 3.88. The van der Waals surface area contributed by atoms with Crippen molar-refractivity contribution in [3.05, 3.63) is 22.7 Å². The summed E-state index contributed by atoms with van der Waals surface area (Å²) in [6, 6.07) is 4.27. The summed E-state index contributed by atoms with van der Waals surface area (Å²) >= 11 is 3.14. The standard InChI is InChI=1S/C8H10BrNO3S/c1-10(2)14(12,13)8-5-6(9)3-4-7(8)11/h3-5,11H,1-2H3. The SMILES string of the molecule is CN(C)S(=O)(=O)c1cc(Br)ccc1O. The minimum atomic E-state index is -3.58. The van der Waals surface area contributed by atoms with Gasteiger partial charge in [0.15, 0.2) is 0 Å². The van der Waals surface area contributed by atoms with E-state index in [1.165, 1.54) is 26.2 Å². The highest BCUT2D eigenvalue weighted by Gasteiger charge is 2.21. The Hall–Kier alpha value is -0.590. The molecule has 0 unspecified atom stereocenters. The summed E-state index contributed by atoms with van der Waals surface area (Å²) in [4.78, 5) is -0.100. The van der Waals surface area contributed by atoms with Crippen molar-refractivity contribution in [2.45, 2.75) is 4.90 Å². The number of phenols is 1. The van der Waals surface area contributed by atoms with E-state index >= 15 is 0 Å². The topological polar surface area (TPSA) is 57.6 Å². The van der Waals surface area contributed by atoms with Gasteiger partial charge in [-0.3, -0.25) is 0 Å². The quantitative estimate of drug-likeness (QED) is 0.891. The van der Waals surface area contributed by atoms with Crippen LogP contribution >= 0.6 is 15.9 Å². The largest absolute Gasteiger partial charge is 0.507 e. The number of hydrogen-bond acceptors (Lipinski definition) is 3. The third-order valence-electron chi connectivity index (χ3n) is 1.68. The Balaban J connectivity index is 3.40. The molecule has 0 amide bonds. The van der Waals surface area contributed by atoms with Crippen LogP contribution in [0.25, 0.3) is 0 Å². The van der Waals surface area contributed by atoms with Crippen LogP contribution in [0.4, 0.5) is 0 Å². The first-order chi connectivity index (χ1) is 6.35. The maximum Gasteiger partial charge on any atom is 0.246 e. The number of halogens is 1. The van der Waals surface area contributed by atoms with Gasteiger partial charge in [-0.15, -0.1) is 0 Å². The Morgan fingerprint density at radius 1 is 1.36 bits per heavy atom. The van der Waals surface area contributed by atoms with Crippen LogP contribution in [-0.4, -0.2) is 31.9 Å². The highest BCUT2D eigenvalue weighted by Crippen LogP contribution is 2.27. The second-order valence-electron chi connectivity index (χ2n) is 2.90. The molecule has 0 atom stereocenters. The molecule has 0 aromatic heterocycles.